The Balaban J connectivity index is 2.08. The Hall–Kier alpha value is -1.61. The van der Waals surface area contributed by atoms with Crippen LogP contribution in [-0.4, -0.2) is 16.3 Å². The highest BCUT2D eigenvalue weighted by Crippen LogP contribution is 2.38. The maximum atomic E-state index is 4.37. The lowest BCUT2D eigenvalue weighted by molar-refractivity contribution is 0.549. The molecule has 0 saturated heterocycles. The molecule has 2 aromatic rings. The lowest BCUT2D eigenvalue weighted by Gasteiger charge is -2.13. The number of nitrogens with zero attached hydrogens (tertiary/aromatic N) is 2. The van der Waals surface area contributed by atoms with Crippen molar-refractivity contribution in [1.29, 1.82) is 0 Å². The molecule has 3 nitrogen and oxygen atoms in total. The van der Waals surface area contributed by atoms with E-state index in [1.54, 1.807) is 0 Å². The van der Waals surface area contributed by atoms with Gasteiger partial charge in [0.05, 0.1) is 6.20 Å². The summed E-state index contributed by atoms with van der Waals surface area (Å²) in [6, 6.07) is 7.20. The number of fused-ring (bicyclic) bond motifs is 1. The van der Waals surface area contributed by atoms with Crippen molar-refractivity contribution < 1.29 is 0 Å². The standard InChI is InChI=1S/C16H21N3/c1-4-17-16-9-8-13-12(6-5-7-14(13)16)15-10-18-19(3)11(15)2/h5-7,10,16-17H,4,8-9H2,1-3H3. The predicted octanol–water partition coefficient (Wildman–Crippen LogP) is 2.99. The third-order valence-electron chi connectivity index (χ3n) is 4.25. The molecule has 0 fully saturated rings. The van der Waals surface area contributed by atoms with Gasteiger partial charge in [0, 0.05) is 24.3 Å². The molecule has 100 valence electrons. The lowest BCUT2D eigenvalue weighted by Crippen LogP contribution is -2.18. The van der Waals surface area contributed by atoms with E-state index in [4.69, 9.17) is 0 Å². The lowest BCUT2D eigenvalue weighted by atomic mass is 9.97. The highest BCUT2D eigenvalue weighted by molar-refractivity contribution is 5.71. The summed E-state index contributed by atoms with van der Waals surface area (Å²) in [5, 5.41) is 7.95. The quantitative estimate of drug-likeness (QED) is 0.913. The highest BCUT2D eigenvalue weighted by atomic mass is 15.3. The van der Waals surface area contributed by atoms with E-state index in [1.807, 2.05) is 17.9 Å². The zero-order valence-corrected chi connectivity index (χ0v) is 11.9. The van der Waals surface area contributed by atoms with E-state index in [0.29, 0.717) is 6.04 Å². The van der Waals surface area contributed by atoms with E-state index >= 15 is 0 Å². The average Bonchev–Trinajstić information content (AvgIpc) is 2.96. The molecule has 0 spiro atoms. The van der Waals surface area contributed by atoms with Crippen LogP contribution in [0.2, 0.25) is 0 Å². The molecule has 1 aromatic carbocycles. The van der Waals surface area contributed by atoms with Gasteiger partial charge in [-0.2, -0.15) is 5.10 Å². The summed E-state index contributed by atoms with van der Waals surface area (Å²) in [7, 11) is 2.00. The van der Waals surface area contributed by atoms with Crippen molar-refractivity contribution >= 4 is 0 Å². The number of hydrogen-bond acceptors (Lipinski definition) is 2. The minimum atomic E-state index is 0.525. The molecule has 1 heterocycles. The van der Waals surface area contributed by atoms with Crippen LogP contribution in [0, 0.1) is 6.92 Å². The number of benzene rings is 1. The molecule has 1 unspecified atom stereocenters. The summed E-state index contributed by atoms with van der Waals surface area (Å²) in [4.78, 5) is 0. The fourth-order valence-corrected chi connectivity index (χ4v) is 3.13. The number of nitrogens with one attached hydrogen (secondary N) is 1. The van der Waals surface area contributed by atoms with Crippen LogP contribution in [0.3, 0.4) is 0 Å². The third-order valence-corrected chi connectivity index (χ3v) is 4.25. The van der Waals surface area contributed by atoms with Gasteiger partial charge in [-0.25, -0.2) is 0 Å². The van der Waals surface area contributed by atoms with Crippen molar-refractivity contribution in [2.24, 2.45) is 7.05 Å². The van der Waals surface area contributed by atoms with E-state index < -0.39 is 0 Å². The zero-order valence-electron chi connectivity index (χ0n) is 11.9. The van der Waals surface area contributed by atoms with Crippen LogP contribution in [-0.2, 0) is 13.5 Å². The molecule has 1 atom stereocenters. The summed E-state index contributed by atoms with van der Waals surface area (Å²) in [5.74, 6) is 0. The van der Waals surface area contributed by atoms with Gasteiger partial charge < -0.3 is 5.32 Å². The summed E-state index contributed by atoms with van der Waals surface area (Å²) >= 11 is 0. The Bertz CT molecular complexity index is 598. The normalized spacial score (nSPS) is 17.7. The monoisotopic (exact) mass is 255 g/mol. The van der Waals surface area contributed by atoms with E-state index in [1.165, 1.54) is 34.4 Å². The topological polar surface area (TPSA) is 29.9 Å². The van der Waals surface area contributed by atoms with Crippen molar-refractivity contribution in [3.8, 4) is 11.1 Å². The Morgan fingerprint density at radius 2 is 2.21 bits per heavy atom. The largest absolute Gasteiger partial charge is 0.310 e. The van der Waals surface area contributed by atoms with Crippen LogP contribution in [0.15, 0.2) is 24.4 Å². The van der Waals surface area contributed by atoms with Crippen molar-refractivity contribution in [3.63, 3.8) is 0 Å². The molecule has 19 heavy (non-hydrogen) atoms. The smallest absolute Gasteiger partial charge is 0.0571 e. The van der Waals surface area contributed by atoms with Crippen molar-refractivity contribution in [2.45, 2.75) is 32.7 Å². The molecule has 1 aliphatic carbocycles. The second-order valence-corrected chi connectivity index (χ2v) is 5.29. The molecule has 3 rings (SSSR count). The summed E-state index contributed by atoms with van der Waals surface area (Å²) in [5.41, 5.74) is 6.85. The molecule has 1 N–H and O–H groups in total. The summed E-state index contributed by atoms with van der Waals surface area (Å²) in [6.07, 6.45) is 4.36. The fourth-order valence-electron chi connectivity index (χ4n) is 3.13. The van der Waals surface area contributed by atoms with Gasteiger partial charge in [-0.3, -0.25) is 4.68 Å². The van der Waals surface area contributed by atoms with Gasteiger partial charge in [0.15, 0.2) is 0 Å². The van der Waals surface area contributed by atoms with Gasteiger partial charge in [0.1, 0.15) is 0 Å². The molecule has 0 radical (unpaired) electrons. The third kappa shape index (κ3) is 1.98. The summed E-state index contributed by atoms with van der Waals surface area (Å²) < 4.78 is 1.95. The number of rotatable bonds is 3. The number of aromatic nitrogens is 2. The van der Waals surface area contributed by atoms with E-state index in [2.05, 4.69) is 42.5 Å². The molecule has 1 aliphatic rings. The molecule has 3 heteroatoms. The van der Waals surface area contributed by atoms with Gasteiger partial charge in [0.2, 0.25) is 0 Å². The molecule has 0 aliphatic heterocycles. The van der Waals surface area contributed by atoms with Gasteiger partial charge in [0.25, 0.3) is 0 Å². The minimum Gasteiger partial charge on any atom is -0.310 e. The van der Waals surface area contributed by atoms with Crippen LogP contribution in [0.4, 0.5) is 0 Å². The maximum Gasteiger partial charge on any atom is 0.0571 e. The first-order valence-electron chi connectivity index (χ1n) is 7.06. The van der Waals surface area contributed by atoms with Gasteiger partial charge in [-0.05, 0) is 43.0 Å². The van der Waals surface area contributed by atoms with E-state index in [0.717, 1.165) is 13.0 Å². The first kappa shape index (κ1) is 12.4. The Morgan fingerprint density at radius 1 is 1.37 bits per heavy atom. The molecular weight excluding hydrogens is 234 g/mol. The van der Waals surface area contributed by atoms with E-state index in [-0.39, 0.29) is 0 Å². The second-order valence-electron chi connectivity index (χ2n) is 5.29. The fraction of sp³-hybridized carbons (Fsp3) is 0.438. The van der Waals surface area contributed by atoms with Crippen molar-refractivity contribution in [1.82, 2.24) is 15.1 Å². The van der Waals surface area contributed by atoms with Crippen LogP contribution in [0.5, 0.6) is 0 Å². The van der Waals surface area contributed by atoms with Crippen molar-refractivity contribution in [2.75, 3.05) is 6.54 Å². The predicted molar refractivity (Wildman–Crippen MR) is 78.1 cm³/mol. The Kier molecular flexibility index (Phi) is 3.15. The van der Waals surface area contributed by atoms with Gasteiger partial charge >= 0.3 is 0 Å². The van der Waals surface area contributed by atoms with Crippen LogP contribution >= 0.6 is 0 Å². The minimum absolute atomic E-state index is 0.525. The molecular formula is C16H21N3. The number of hydrogen-bond donors (Lipinski definition) is 1. The highest BCUT2D eigenvalue weighted by Gasteiger charge is 2.24. The first-order chi connectivity index (χ1) is 9.22. The Labute approximate surface area is 114 Å². The van der Waals surface area contributed by atoms with Gasteiger partial charge in [-0.15, -0.1) is 0 Å². The van der Waals surface area contributed by atoms with E-state index in [9.17, 15) is 0 Å². The Morgan fingerprint density at radius 3 is 2.89 bits per heavy atom. The van der Waals surface area contributed by atoms with Gasteiger partial charge in [-0.1, -0.05) is 25.1 Å². The SMILES string of the molecule is CCNC1CCc2c(-c3cnn(C)c3C)cccc21. The van der Waals surface area contributed by atoms with Crippen LogP contribution in [0.1, 0.15) is 36.2 Å². The number of aryl methyl sites for hydroxylation is 1. The van der Waals surface area contributed by atoms with Crippen LogP contribution < -0.4 is 5.32 Å². The van der Waals surface area contributed by atoms with Crippen LogP contribution in [0.25, 0.3) is 11.1 Å². The molecule has 0 saturated carbocycles. The zero-order chi connectivity index (χ0) is 13.4. The average molecular weight is 255 g/mol. The molecule has 0 amide bonds. The second kappa shape index (κ2) is 4.82. The summed E-state index contributed by atoms with van der Waals surface area (Å²) in [6.45, 7) is 5.34. The molecule has 1 aromatic heterocycles. The first-order valence-corrected chi connectivity index (χ1v) is 7.06. The molecule has 0 bridgehead atoms. The maximum absolute atomic E-state index is 4.37. The van der Waals surface area contributed by atoms with Crippen molar-refractivity contribution in [3.05, 3.63) is 41.2 Å².